The standard InChI is InChI=1S/C23H15Cl2N3OS/c1-12-13(2)30-23(17(12)11-26)28-22(29)16-10-21(14-7-8-18(24)19(25)9-14)27-20-6-4-3-5-15(16)20/h3-10H,1-2H3,(H,28,29). The summed E-state index contributed by atoms with van der Waals surface area (Å²) in [5.41, 5.74) is 3.89. The summed E-state index contributed by atoms with van der Waals surface area (Å²) in [6, 6.07) is 16.6. The van der Waals surface area contributed by atoms with Gasteiger partial charge in [-0.05, 0) is 43.7 Å². The Labute approximate surface area is 187 Å². The summed E-state index contributed by atoms with van der Waals surface area (Å²) in [6.45, 7) is 3.81. The predicted octanol–water partition coefficient (Wildman–Crippen LogP) is 7.01. The number of anilines is 1. The number of amides is 1. The Morgan fingerprint density at radius 3 is 2.60 bits per heavy atom. The van der Waals surface area contributed by atoms with Crippen LogP contribution in [-0.4, -0.2) is 10.9 Å². The molecule has 4 rings (SSSR count). The number of nitriles is 1. The Hall–Kier alpha value is -2.91. The van der Waals surface area contributed by atoms with Crippen molar-refractivity contribution >= 4 is 56.3 Å². The summed E-state index contributed by atoms with van der Waals surface area (Å²) >= 11 is 13.6. The fourth-order valence-electron chi connectivity index (χ4n) is 3.19. The summed E-state index contributed by atoms with van der Waals surface area (Å²) in [4.78, 5) is 18.9. The molecule has 0 spiro atoms. The molecule has 2 heterocycles. The van der Waals surface area contributed by atoms with Gasteiger partial charge in [0.1, 0.15) is 11.1 Å². The first-order valence-corrected chi connectivity index (χ1v) is 10.6. The summed E-state index contributed by atoms with van der Waals surface area (Å²) in [5, 5.41) is 14.5. The number of aromatic nitrogens is 1. The number of nitrogens with one attached hydrogen (secondary N) is 1. The lowest BCUT2D eigenvalue weighted by molar-refractivity contribution is 0.102. The molecule has 1 N–H and O–H groups in total. The molecule has 1 amide bonds. The largest absolute Gasteiger partial charge is 0.312 e. The number of benzene rings is 2. The molecule has 0 aliphatic rings. The molecule has 0 saturated heterocycles. The van der Waals surface area contributed by atoms with Crippen molar-refractivity contribution in [3.63, 3.8) is 0 Å². The van der Waals surface area contributed by atoms with Gasteiger partial charge in [0, 0.05) is 15.8 Å². The summed E-state index contributed by atoms with van der Waals surface area (Å²) in [7, 11) is 0. The molecular formula is C23H15Cl2N3OS. The lowest BCUT2D eigenvalue weighted by Gasteiger charge is -2.11. The Morgan fingerprint density at radius 1 is 1.10 bits per heavy atom. The van der Waals surface area contributed by atoms with Crippen LogP contribution in [0, 0.1) is 25.2 Å². The van der Waals surface area contributed by atoms with Crippen molar-refractivity contribution in [2.45, 2.75) is 13.8 Å². The Balaban J connectivity index is 1.83. The first-order valence-electron chi connectivity index (χ1n) is 9.05. The highest BCUT2D eigenvalue weighted by atomic mass is 35.5. The number of fused-ring (bicyclic) bond motifs is 1. The van der Waals surface area contributed by atoms with E-state index >= 15 is 0 Å². The lowest BCUT2D eigenvalue weighted by Crippen LogP contribution is -2.13. The first-order chi connectivity index (χ1) is 14.4. The topological polar surface area (TPSA) is 65.8 Å². The number of para-hydroxylation sites is 1. The van der Waals surface area contributed by atoms with Gasteiger partial charge in [0.2, 0.25) is 0 Å². The van der Waals surface area contributed by atoms with Crippen molar-refractivity contribution in [2.24, 2.45) is 0 Å². The Kier molecular flexibility index (Phi) is 5.48. The third-order valence-corrected chi connectivity index (χ3v) is 6.76. The fraction of sp³-hybridized carbons (Fsp3) is 0.0870. The fourth-order valence-corrected chi connectivity index (χ4v) is 4.49. The zero-order valence-corrected chi connectivity index (χ0v) is 18.4. The molecule has 0 unspecified atom stereocenters. The summed E-state index contributed by atoms with van der Waals surface area (Å²) in [6.07, 6.45) is 0. The van der Waals surface area contributed by atoms with Crippen LogP contribution in [0.4, 0.5) is 5.00 Å². The van der Waals surface area contributed by atoms with Crippen LogP contribution in [0.1, 0.15) is 26.4 Å². The lowest BCUT2D eigenvalue weighted by atomic mass is 10.0. The van der Waals surface area contributed by atoms with Crippen molar-refractivity contribution in [3.05, 3.63) is 80.1 Å². The Bertz CT molecular complexity index is 1350. The molecule has 0 bridgehead atoms. The van der Waals surface area contributed by atoms with Crippen molar-refractivity contribution in [3.8, 4) is 17.3 Å². The number of hydrogen-bond acceptors (Lipinski definition) is 4. The number of carbonyl (C=O) groups is 1. The van der Waals surface area contributed by atoms with Crippen LogP contribution in [0.3, 0.4) is 0 Å². The number of carbonyl (C=O) groups excluding carboxylic acids is 1. The van der Waals surface area contributed by atoms with E-state index in [0.717, 1.165) is 21.4 Å². The second kappa shape index (κ2) is 8.08. The third kappa shape index (κ3) is 3.66. The van der Waals surface area contributed by atoms with E-state index < -0.39 is 0 Å². The average molecular weight is 452 g/mol. The van der Waals surface area contributed by atoms with Crippen LogP contribution >= 0.6 is 34.5 Å². The maximum absolute atomic E-state index is 13.2. The molecule has 0 saturated carbocycles. The minimum atomic E-state index is -0.298. The number of hydrogen-bond donors (Lipinski definition) is 1. The third-order valence-electron chi connectivity index (χ3n) is 4.90. The summed E-state index contributed by atoms with van der Waals surface area (Å²) in [5.74, 6) is -0.298. The van der Waals surface area contributed by atoms with Crippen molar-refractivity contribution < 1.29 is 4.79 Å². The maximum atomic E-state index is 13.2. The molecular weight excluding hydrogens is 437 g/mol. The van der Waals surface area contributed by atoms with Gasteiger partial charge in [-0.3, -0.25) is 4.79 Å². The van der Waals surface area contributed by atoms with Crippen LogP contribution in [0.25, 0.3) is 22.2 Å². The molecule has 0 aliphatic carbocycles. The minimum absolute atomic E-state index is 0.298. The monoisotopic (exact) mass is 451 g/mol. The molecule has 2 aromatic carbocycles. The van der Waals surface area contributed by atoms with Gasteiger partial charge in [-0.15, -0.1) is 11.3 Å². The molecule has 7 heteroatoms. The normalized spacial score (nSPS) is 10.8. The van der Waals surface area contributed by atoms with Crippen LogP contribution < -0.4 is 5.32 Å². The van der Waals surface area contributed by atoms with Gasteiger partial charge in [-0.2, -0.15) is 5.26 Å². The maximum Gasteiger partial charge on any atom is 0.257 e. The molecule has 0 aliphatic heterocycles. The smallest absolute Gasteiger partial charge is 0.257 e. The van der Waals surface area contributed by atoms with E-state index in [4.69, 9.17) is 23.2 Å². The number of thiophene rings is 1. The molecule has 0 fully saturated rings. The molecule has 148 valence electrons. The van der Waals surface area contributed by atoms with E-state index in [-0.39, 0.29) is 5.91 Å². The van der Waals surface area contributed by atoms with E-state index in [1.54, 1.807) is 18.2 Å². The highest BCUT2D eigenvalue weighted by Crippen LogP contribution is 2.33. The van der Waals surface area contributed by atoms with Crippen LogP contribution in [0.5, 0.6) is 0 Å². The second-order valence-electron chi connectivity index (χ2n) is 6.75. The Morgan fingerprint density at radius 2 is 1.87 bits per heavy atom. The predicted molar refractivity (Wildman–Crippen MR) is 124 cm³/mol. The minimum Gasteiger partial charge on any atom is -0.312 e. The molecule has 0 atom stereocenters. The number of pyridine rings is 1. The van der Waals surface area contributed by atoms with Gasteiger partial charge in [0.25, 0.3) is 5.91 Å². The quantitative estimate of drug-likeness (QED) is 0.364. The molecule has 30 heavy (non-hydrogen) atoms. The van der Waals surface area contributed by atoms with E-state index in [9.17, 15) is 10.1 Å². The van der Waals surface area contributed by atoms with Gasteiger partial charge < -0.3 is 5.32 Å². The summed E-state index contributed by atoms with van der Waals surface area (Å²) < 4.78 is 0. The second-order valence-corrected chi connectivity index (χ2v) is 8.79. The number of aryl methyl sites for hydroxylation is 1. The van der Waals surface area contributed by atoms with Crippen molar-refractivity contribution in [1.29, 1.82) is 5.26 Å². The molecule has 4 aromatic rings. The average Bonchev–Trinajstić information content (AvgIpc) is 3.01. The number of rotatable bonds is 3. The zero-order valence-electron chi connectivity index (χ0n) is 16.1. The zero-order chi connectivity index (χ0) is 21.4. The van der Waals surface area contributed by atoms with Crippen LogP contribution in [0.2, 0.25) is 10.0 Å². The van der Waals surface area contributed by atoms with Crippen molar-refractivity contribution in [1.82, 2.24) is 4.98 Å². The van der Waals surface area contributed by atoms with E-state index in [1.165, 1.54) is 11.3 Å². The van der Waals surface area contributed by atoms with Crippen LogP contribution in [-0.2, 0) is 0 Å². The highest BCUT2D eigenvalue weighted by Gasteiger charge is 2.19. The van der Waals surface area contributed by atoms with E-state index in [1.807, 2.05) is 44.2 Å². The van der Waals surface area contributed by atoms with E-state index in [0.29, 0.717) is 37.4 Å². The van der Waals surface area contributed by atoms with Gasteiger partial charge in [0.05, 0.1) is 32.4 Å². The molecule has 4 nitrogen and oxygen atoms in total. The molecule has 2 aromatic heterocycles. The van der Waals surface area contributed by atoms with E-state index in [2.05, 4.69) is 16.4 Å². The van der Waals surface area contributed by atoms with Gasteiger partial charge in [-0.25, -0.2) is 4.98 Å². The van der Waals surface area contributed by atoms with Gasteiger partial charge in [-0.1, -0.05) is 47.5 Å². The highest BCUT2D eigenvalue weighted by molar-refractivity contribution is 7.16. The first kappa shape index (κ1) is 20.4. The van der Waals surface area contributed by atoms with Crippen LogP contribution in [0.15, 0.2) is 48.5 Å². The van der Waals surface area contributed by atoms with Gasteiger partial charge >= 0.3 is 0 Å². The van der Waals surface area contributed by atoms with Crippen molar-refractivity contribution in [2.75, 3.05) is 5.32 Å². The molecule has 0 radical (unpaired) electrons. The SMILES string of the molecule is Cc1sc(NC(=O)c2cc(-c3ccc(Cl)c(Cl)c3)nc3ccccc23)c(C#N)c1C. The number of halogens is 2. The van der Waals surface area contributed by atoms with Gasteiger partial charge in [0.15, 0.2) is 0 Å². The number of nitrogens with zero attached hydrogens (tertiary/aromatic N) is 2.